The third-order valence-corrected chi connectivity index (χ3v) is 6.37. The number of ether oxygens (including phenoxy) is 1. The van der Waals surface area contributed by atoms with E-state index < -0.39 is 0 Å². The second kappa shape index (κ2) is 7.73. The minimum absolute atomic E-state index is 0.250. The van der Waals surface area contributed by atoms with E-state index in [9.17, 15) is 4.79 Å². The molecule has 150 valence electrons. The number of carbonyl (C=O) groups is 1. The summed E-state index contributed by atoms with van der Waals surface area (Å²) in [5.41, 5.74) is 8.95. The van der Waals surface area contributed by atoms with Crippen LogP contribution in [0.4, 0.5) is 0 Å². The Morgan fingerprint density at radius 1 is 1.11 bits per heavy atom. The molecule has 3 rings (SSSR count). The van der Waals surface area contributed by atoms with Gasteiger partial charge in [-0.15, -0.1) is 0 Å². The summed E-state index contributed by atoms with van der Waals surface area (Å²) in [6.07, 6.45) is 12.5. The zero-order valence-electron chi connectivity index (χ0n) is 18.3. The normalized spacial score (nSPS) is 21.6. The largest absolute Gasteiger partial charge is 0.463 e. The lowest BCUT2D eigenvalue weighted by Gasteiger charge is -2.43. The quantitative estimate of drug-likeness (QED) is 0.343. The van der Waals surface area contributed by atoms with Crippen molar-refractivity contribution in [3.05, 3.63) is 64.3 Å². The highest BCUT2D eigenvalue weighted by Crippen LogP contribution is 2.50. The topological polar surface area (TPSA) is 26.3 Å². The number of hydrogen-bond acceptors (Lipinski definition) is 2. The maximum absolute atomic E-state index is 11.5. The fourth-order valence-corrected chi connectivity index (χ4v) is 4.73. The van der Waals surface area contributed by atoms with Gasteiger partial charge in [0.05, 0.1) is 6.61 Å². The van der Waals surface area contributed by atoms with Crippen LogP contribution in [0, 0.1) is 0 Å². The van der Waals surface area contributed by atoms with E-state index in [0.29, 0.717) is 6.61 Å². The fourth-order valence-electron chi connectivity index (χ4n) is 4.73. The van der Waals surface area contributed by atoms with Gasteiger partial charge in [0, 0.05) is 6.08 Å². The summed E-state index contributed by atoms with van der Waals surface area (Å²) in [7, 11) is 0. The molecule has 0 spiro atoms. The lowest BCUT2D eigenvalue weighted by molar-refractivity contribution is -0.137. The lowest BCUT2D eigenvalue weighted by atomic mass is 9.61. The molecule has 0 aromatic heterocycles. The van der Waals surface area contributed by atoms with Gasteiger partial charge in [-0.05, 0) is 83.8 Å². The summed E-state index contributed by atoms with van der Waals surface area (Å²) in [6.45, 7) is 13.8. The first-order valence-corrected chi connectivity index (χ1v) is 10.6. The van der Waals surface area contributed by atoms with E-state index in [4.69, 9.17) is 4.74 Å². The maximum Gasteiger partial charge on any atom is 0.330 e. The maximum atomic E-state index is 11.5. The Hall–Kier alpha value is -2.09. The van der Waals surface area contributed by atoms with Crippen molar-refractivity contribution in [1.29, 1.82) is 0 Å². The second-order valence-electron chi connectivity index (χ2n) is 9.47. The van der Waals surface area contributed by atoms with E-state index in [-0.39, 0.29) is 16.8 Å². The van der Waals surface area contributed by atoms with Crippen LogP contribution >= 0.6 is 0 Å². The number of benzene rings is 1. The highest BCUT2D eigenvalue weighted by atomic mass is 16.5. The van der Waals surface area contributed by atoms with Crippen LogP contribution in [-0.2, 0) is 26.8 Å². The average Bonchev–Trinajstić information content (AvgIpc) is 3.02. The molecular weight excluding hydrogens is 344 g/mol. The smallest absolute Gasteiger partial charge is 0.330 e. The molecule has 0 saturated carbocycles. The highest BCUT2D eigenvalue weighted by molar-refractivity contribution is 5.83. The molecule has 1 aromatic carbocycles. The predicted molar refractivity (Wildman–Crippen MR) is 118 cm³/mol. The molecule has 0 fully saturated rings. The molecule has 0 radical (unpaired) electrons. The SMILES string of the molecule is CCOC(=O)/C=C(C)/C=C/C=C1\CCc2c1ccc1c2C(C)(C)CCC1(C)C. The Bertz CT molecular complexity index is 863. The van der Waals surface area contributed by atoms with E-state index >= 15 is 0 Å². The summed E-state index contributed by atoms with van der Waals surface area (Å²) in [5.74, 6) is -0.278. The Morgan fingerprint density at radius 3 is 2.54 bits per heavy atom. The van der Waals surface area contributed by atoms with Crippen molar-refractivity contribution in [2.75, 3.05) is 6.61 Å². The Labute approximate surface area is 170 Å². The van der Waals surface area contributed by atoms with Crippen LogP contribution in [0.15, 0.2) is 42.0 Å². The third kappa shape index (κ3) is 4.01. The highest BCUT2D eigenvalue weighted by Gasteiger charge is 2.40. The number of carbonyl (C=O) groups excluding carboxylic acids is 1. The molecule has 0 amide bonds. The van der Waals surface area contributed by atoms with Gasteiger partial charge in [-0.2, -0.15) is 0 Å². The monoisotopic (exact) mass is 378 g/mol. The van der Waals surface area contributed by atoms with Gasteiger partial charge in [0.1, 0.15) is 0 Å². The van der Waals surface area contributed by atoms with E-state index in [1.165, 1.54) is 24.0 Å². The van der Waals surface area contributed by atoms with E-state index in [1.807, 2.05) is 19.9 Å². The van der Waals surface area contributed by atoms with Crippen LogP contribution in [-0.4, -0.2) is 12.6 Å². The third-order valence-electron chi connectivity index (χ3n) is 6.37. The number of allylic oxidation sites excluding steroid dienone is 5. The predicted octanol–water partition coefficient (Wildman–Crippen LogP) is 6.43. The lowest BCUT2D eigenvalue weighted by Crippen LogP contribution is -2.35. The van der Waals surface area contributed by atoms with Crippen molar-refractivity contribution in [3.63, 3.8) is 0 Å². The van der Waals surface area contributed by atoms with Crippen molar-refractivity contribution >= 4 is 11.5 Å². The molecule has 2 aliphatic rings. The zero-order chi connectivity index (χ0) is 20.5. The van der Waals surface area contributed by atoms with Gasteiger partial charge in [0.2, 0.25) is 0 Å². The molecule has 2 heteroatoms. The Morgan fingerprint density at radius 2 is 1.82 bits per heavy atom. The van der Waals surface area contributed by atoms with Crippen molar-refractivity contribution in [2.45, 2.75) is 78.1 Å². The molecule has 0 heterocycles. The zero-order valence-corrected chi connectivity index (χ0v) is 18.3. The van der Waals surface area contributed by atoms with E-state index in [0.717, 1.165) is 18.4 Å². The van der Waals surface area contributed by atoms with Gasteiger partial charge in [-0.1, -0.05) is 58.1 Å². The number of esters is 1. The minimum atomic E-state index is -0.278. The van der Waals surface area contributed by atoms with Gasteiger partial charge in [-0.25, -0.2) is 4.79 Å². The van der Waals surface area contributed by atoms with Crippen molar-refractivity contribution < 1.29 is 9.53 Å². The minimum Gasteiger partial charge on any atom is -0.463 e. The van der Waals surface area contributed by atoms with Crippen molar-refractivity contribution in [3.8, 4) is 0 Å². The summed E-state index contributed by atoms with van der Waals surface area (Å²) in [4.78, 5) is 11.5. The molecule has 2 nitrogen and oxygen atoms in total. The van der Waals surface area contributed by atoms with Crippen LogP contribution in [0.5, 0.6) is 0 Å². The van der Waals surface area contributed by atoms with E-state index in [2.05, 4.69) is 52.0 Å². The molecule has 0 atom stereocenters. The number of rotatable bonds is 4. The number of fused-ring (bicyclic) bond motifs is 3. The summed E-state index contributed by atoms with van der Waals surface area (Å²) in [5, 5.41) is 0. The first-order valence-electron chi connectivity index (χ1n) is 10.6. The molecule has 0 aliphatic heterocycles. The van der Waals surface area contributed by atoms with Gasteiger partial charge >= 0.3 is 5.97 Å². The van der Waals surface area contributed by atoms with Crippen LogP contribution in [0.25, 0.3) is 5.57 Å². The molecule has 1 aromatic rings. The average molecular weight is 379 g/mol. The van der Waals surface area contributed by atoms with Gasteiger partial charge in [0.15, 0.2) is 0 Å². The Kier molecular flexibility index (Phi) is 5.70. The second-order valence-corrected chi connectivity index (χ2v) is 9.47. The molecule has 0 saturated heterocycles. The standard InChI is InChI=1S/C26H34O2/c1-7-28-23(27)17-18(2)9-8-10-19-11-12-21-20(19)13-14-22-24(21)26(5,6)16-15-25(22,3)4/h8-10,13-14,17H,7,11-12,15-16H2,1-6H3/b9-8+,18-17+,19-10+. The van der Waals surface area contributed by atoms with Crippen LogP contribution in [0.1, 0.15) is 83.1 Å². The first-order chi connectivity index (χ1) is 13.2. The molecule has 0 unspecified atom stereocenters. The molecular formula is C26H34O2. The fraction of sp³-hybridized carbons (Fsp3) is 0.500. The summed E-state index contributed by atoms with van der Waals surface area (Å²) < 4.78 is 4.96. The van der Waals surface area contributed by atoms with Gasteiger partial charge in [-0.3, -0.25) is 0 Å². The Balaban J connectivity index is 1.90. The molecule has 2 aliphatic carbocycles. The molecule has 0 N–H and O–H groups in total. The van der Waals surface area contributed by atoms with Crippen LogP contribution < -0.4 is 0 Å². The molecule has 0 bridgehead atoms. The summed E-state index contributed by atoms with van der Waals surface area (Å²) in [6, 6.07) is 4.72. The van der Waals surface area contributed by atoms with Crippen LogP contribution in [0.3, 0.4) is 0 Å². The number of hydrogen-bond donors (Lipinski definition) is 0. The molecule has 28 heavy (non-hydrogen) atoms. The van der Waals surface area contributed by atoms with Gasteiger partial charge < -0.3 is 4.74 Å². The van der Waals surface area contributed by atoms with Crippen molar-refractivity contribution in [2.24, 2.45) is 0 Å². The van der Waals surface area contributed by atoms with Crippen LogP contribution in [0.2, 0.25) is 0 Å². The summed E-state index contributed by atoms with van der Waals surface area (Å²) >= 11 is 0. The van der Waals surface area contributed by atoms with Crippen molar-refractivity contribution in [1.82, 2.24) is 0 Å². The first kappa shape index (κ1) is 20.6. The van der Waals surface area contributed by atoms with E-state index in [1.54, 1.807) is 22.8 Å². The van der Waals surface area contributed by atoms with Gasteiger partial charge in [0.25, 0.3) is 0 Å².